The molecule has 0 spiro atoms. The van der Waals surface area contributed by atoms with Gasteiger partial charge in [0, 0.05) is 6.42 Å². The Labute approximate surface area is 196 Å². The maximum Gasteiger partial charge on any atom is 0.307 e. The number of hydrogen-bond donors (Lipinski definition) is 1. The fourth-order valence-corrected chi connectivity index (χ4v) is 3.44. The first-order valence-corrected chi connectivity index (χ1v) is 12.4. The van der Waals surface area contributed by atoms with Crippen molar-refractivity contribution in [2.24, 2.45) is 0 Å². The molecule has 1 N–H and O–H groups in total. The van der Waals surface area contributed by atoms with E-state index in [-0.39, 0.29) is 12.4 Å². The monoisotopic (exact) mass is 450 g/mol. The zero-order valence-electron chi connectivity index (χ0n) is 21.1. The van der Waals surface area contributed by atoms with E-state index < -0.39 is 12.1 Å². The molecule has 0 amide bonds. The van der Waals surface area contributed by atoms with Crippen LogP contribution in [0.1, 0.15) is 90.4 Å². The van der Waals surface area contributed by atoms with E-state index in [1.807, 2.05) is 21.1 Å². The van der Waals surface area contributed by atoms with Crippen LogP contribution in [-0.2, 0) is 14.3 Å². The molecule has 0 aliphatic carbocycles. The van der Waals surface area contributed by atoms with Gasteiger partial charge in [-0.25, -0.2) is 0 Å². The van der Waals surface area contributed by atoms with E-state index in [1.165, 1.54) is 25.7 Å². The second-order valence-corrected chi connectivity index (χ2v) is 9.49. The van der Waals surface area contributed by atoms with Crippen molar-refractivity contribution in [2.45, 2.75) is 96.5 Å². The first kappa shape index (κ1) is 30.1. The third-order valence-electron chi connectivity index (χ3n) is 4.98. The predicted octanol–water partition coefficient (Wildman–Crippen LogP) is 6.45. The van der Waals surface area contributed by atoms with Gasteiger partial charge in [-0.05, 0) is 38.5 Å². The van der Waals surface area contributed by atoms with Crippen LogP contribution in [0.25, 0.3) is 0 Å². The average molecular weight is 451 g/mol. The quantitative estimate of drug-likeness (QED) is 0.100. The lowest BCUT2D eigenvalue weighted by Gasteiger charge is -2.28. The highest BCUT2D eigenvalue weighted by atomic mass is 16.5. The minimum absolute atomic E-state index is 0.135. The summed E-state index contributed by atoms with van der Waals surface area (Å²) in [6, 6.07) is 0. The summed E-state index contributed by atoms with van der Waals surface area (Å²) < 4.78 is 5.98. The molecule has 0 fully saturated rings. The van der Waals surface area contributed by atoms with Crippen LogP contribution in [0.2, 0.25) is 0 Å². The number of carbonyl (C=O) groups excluding carboxylic acids is 1. The number of carboxylic acids is 1. The Kier molecular flexibility index (Phi) is 18.6. The van der Waals surface area contributed by atoms with Crippen LogP contribution >= 0.6 is 0 Å². The van der Waals surface area contributed by atoms with Gasteiger partial charge in [-0.3, -0.25) is 9.59 Å². The largest absolute Gasteiger partial charge is 0.481 e. The molecule has 184 valence electrons. The van der Waals surface area contributed by atoms with Gasteiger partial charge in [0.15, 0.2) is 6.10 Å². The molecule has 32 heavy (non-hydrogen) atoms. The Bertz CT molecular complexity index is 573. The van der Waals surface area contributed by atoms with E-state index >= 15 is 0 Å². The highest BCUT2D eigenvalue weighted by Gasteiger charge is 2.24. The fourth-order valence-electron chi connectivity index (χ4n) is 3.44. The van der Waals surface area contributed by atoms with E-state index in [1.54, 1.807) is 0 Å². The summed E-state index contributed by atoms with van der Waals surface area (Å²) in [5.74, 6) is -1.21. The van der Waals surface area contributed by atoms with Gasteiger partial charge in [0.1, 0.15) is 6.54 Å². The second kappa shape index (κ2) is 19.8. The van der Waals surface area contributed by atoms with Crippen molar-refractivity contribution in [1.29, 1.82) is 0 Å². The van der Waals surface area contributed by atoms with Gasteiger partial charge in [0.05, 0.1) is 27.6 Å². The molecule has 0 aliphatic rings. The molecule has 0 aromatic carbocycles. The number of nitrogens with zero attached hydrogens (tertiary/aromatic N) is 1. The average Bonchev–Trinajstić information content (AvgIpc) is 2.68. The van der Waals surface area contributed by atoms with Crippen LogP contribution in [0, 0.1) is 0 Å². The third kappa shape index (κ3) is 22.8. The van der Waals surface area contributed by atoms with Crippen LogP contribution in [0.3, 0.4) is 0 Å². The molecular weight excluding hydrogens is 402 g/mol. The summed E-state index contributed by atoms with van der Waals surface area (Å²) in [6.07, 6.45) is 25.3. The lowest BCUT2D eigenvalue weighted by atomic mass is 10.1. The number of ether oxygens (including phenoxy) is 1. The van der Waals surface area contributed by atoms with Crippen LogP contribution in [0.15, 0.2) is 36.5 Å². The number of aliphatic carboxylic acids is 1. The Balaban J connectivity index is 3.66. The molecule has 1 unspecified atom stereocenters. The number of quaternary nitrogens is 1. The van der Waals surface area contributed by atoms with Crippen molar-refractivity contribution in [3.05, 3.63) is 36.5 Å². The zero-order chi connectivity index (χ0) is 24.1. The molecule has 5 nitrogen and oxygen atoms in total. The molecule has 0 saturated heterocycles. The van der Waals surface area contributed by atoms with E-state index in [4.69, 9.17) is 9.84 Å². The van der Waals surface area contributed by atoms with Crippen molar-refractivity contribution in [1.82, 2.24) is 0 Å². The predicted molar refractivity (Wildman–Crippen MR) is 134 cm³/mol. The number of unbranched alkanes of at least 4 members (excludes halogenated alkanes) is 7. The van der Waals surface area contributed by atoms with Gasteiger partial charge in [0.25, 0.3) is 0 Å². The SMILES string of the molecule is CC/C=C/C/C=C/C/C=C\CCCCCCCCCC(=O)OC(CC(=O)O)C[N+](C)(C)C. The zero-order valence-corrected chi connectivity index (χ0v) is 21.1. The maximum atomic E-state index is 12.0. The third-order valence-corrected chi connectivity index (χ3v) is 4.98. The Morgan fingerprint density at radius 1 is 0.812 bits per heavy atom. The topological polar surface area (TPSA) is 63.6 Å². The van der Waals surface area contributed by atoms with Crippen molar-refractivity contribution < 1.29 is 23.9 Å². The second-order valence-electron chi connectivity index (χ2n) is 9.49. The molecule has 1 atom stereocenters. The van der Waals surface area contributed by atoms with Crippen molar-refractivity contribution in [3.8, 4) is 0 Å². The summed E-state index contributed by atoms with van der Waals surface area (Å²) >= 11 is 0. The fraction of sp³-hybridized carbons (Fsp3) is 0.704. The Morgan fingerprint density at radius 3 is 1.91 bits per heavy atom. The van der Waals surface area contributed by atoms with E-state index in [0.717, 1.165) is 44.9 Å². The summed E-state index contributed by atoms with van der Waals surface area (Å²) in [7, 11) is 5.89. The lowest BCUT2D eigenvalue weighted by Crippen LogP contribution is -2.43. The van der Waals surface area contributed by atoms with Gasteiger partial charge < -0.3 is 14.3 Å². The maximum absolute atomic E-state index is 12.0. The number of esters is 1. The molecular formula is C27H48NO4+. The molecule has 0 aromatic heterocycles. The highest BCUT2D eigenvalue weighted by molar-refractivity contribution is 5.71. The minimum atomic E-state index is -0.931. The van der Waals surface area contributed by atoms with Gasteiger partial charge in [-0.15, -0.1) is 0 Å². The number of carboxylic acid groups (broad SMARTS) is 1. The summed E-state index contributed by atoms with van der Waals surface area (Å²) in [5.41, 5.74) is 0. The van der Waals surface area contributed by atoms with Crippen molar-refractivity contribution in [3.63, 3.8) is 0 Å². The molecule has 0 bridgehead atoms. The Hall–Kier alpha value is -1.88. The van der Waals surface area contributed by atoms with Crippen molar-refractivity contribution in [2.75, 3.05) is 27.7 Å². The Morgan fingerprint density at radius 2 is 1.34 bits per heavy atom. The molecule has 0 radical (unpaired) electrons. The lowest BCUT2D eigenvalue weighted by molar-refractivity contribution is -0.873. The number of carbonyl (C=O) groups is 2. The number of allylic oxidation sites excluding steroid dienone is 6. The number of likely N-dealkylation sites (N-methyl/N-ethyl adjacent to an activating group) is 1. The van der Waals surface area contributed by atoms with Gasteiger partial charge in [-0.1, -0.05) is 75.5 Å². The molecule has 5 heteroatoms. The molecule has 0 rings (SSSR count). The van der Waals surface area contributed by atoms with E-state index in [0.29, 0.717) is 17.4 Å². The standard InChI is InChI=1S/C27H47NO4/c1-5-6-7-8-9-10-11-12-13-14-15-16-17-18-19-20-21-22-27(31)32-25(23-26(29)30)24-28(2,3)4/h6-7,9-10,12-13,25H,5,8,11,14-24H2,1-4H3/p+1/b7-6+,10-9+,13-12-. The van der Waals surface area contributed by atoms with Gasteiger partial charge in [-0.2, -0.15) is 0 Å². The van der Waals surface area contributed by atoms with Crippen LogP contribution in [0.5, 0.6) is 0 Å². The molecule has 0 aromatic rings. The number of rotatable bonds is 20. The van der Waals surface area contributed by atoms with Crippen LogP contribution in [-0.4, -0.2) is 55.3 Å². The highest BCUT2D eigenvalue weighted by Crippen LogP contribution is 2.12. The molecule has 0 saturated carbocycles. The smallest absolute Gasteiger partial charge is 0.307 e. The summed E-state index contributed by atoms with van der Waals surface area (Å²) in [4.78, 5) is 23.0. The molecule has 0 heterocycles. The normalized spacial score (nSPS) is 13.4. The van der Waals surface area contributed by atoms with E-state index in [9.17, 15) is 9.59 Å². The van der Waals surface area contributed by atoms with Gasteiger partial charge in [0.2, 0.25) is 0 Å². The van der Waals surface area contributed by atoms with E-state index in [2.05, 4.69) is 43.4 Å². The van der Waals surface area contributed by atoms with Crippen LogP contribution in [0.4, 0.5) is 0 Å². The van der Waals surface area contributed by atoms with Crippen molar-refractivity contribution >= 4 is 11.9 Å². The van der Waals surface area contributed by atoms with Crippen LogP contribution < -0.4 is 0 Å². The number of hydrogen-bond acceptors (Lipinski definition) is 3. The first-order chi connectivity index (χ1) is 15.2. The summed E-state index contributed by atoms with van der Waals surface area (Å²) in [6.45, 7) is 2.65. The summed E-state index contributed by atoms with van der Waals surface area (Å²) in [5, 5.41) is 9.02. The van der Waals surface area contributed by atoms with Gasteiger partial charge >= 0.3 is 11.9 Å². The first-order valence-electron chi connectivity index (χ1n) is 12.4. The minimum Gasteiger partial charge on any atom is -0.481 e. The molecule has 0 aliphatic heterocycles.